The third kappa shape index (κ3) is 2.55. The van der Waals surface area contributed by atoms with E-state index in [0.29, 0.717) is 33.8 Å². The fourth-order valence-electron chi connectivity index (χ4n) is 1.84. The molecule has 1 aliphatic heterocycles. The second kappa shape index (κ2) is 5.31. The Kier molecular flexibility index (Phi) is 4.18. The van der Waals surface area contributed by atoms with Crippen LogP contribution in [0, 0.1) is 0 Å². The molecule has 1 saturated heterocycles. The lowest BCUT2D eigenvalue weighted by Gasteiger charge is -2.37. The van der Waals surface area contributed by atoms with Gasteiger partial charge in [0.1, 0.15) is 0 Å². The third-order valence-electron chi connectivity index (χ3n) is 2.70. The standard InChI is InChI=1S/C11H12Cl3NO2/c1-16-11(6-15-2-3-17-11)8-4-7(12)5-9(13)10(8)14/h4-5,15H,2-3,6H2,1H3. The number of rotatable bonds is 2. The summed E-state index contributed by atoms with van der Waals surface area (Å²) in [6.45, 7) is 1.81. The first-order valence-corrected chi connectivity index (χ1v) is 6.27. The van der Waals surface area contributed by atoms with E-state index in [2.05, 4.69) is 5.32 Å². The summed E-state index contributed by atoms with van der Waals surface area (Å²) in [5.41, 5.74) is 0.645. The van der Waals surface area contributed by atoms with Crippen LogP contribution in [0.15, 0.2) is 12.1 Å². The number of hydrogen-bond acceptors (Lipinski definition) is 3. The first kappa shape index (κ1) is 13.4. The highest BCUT2D eigenvalue weighted by Gasteiger charge is 2.38. The van der Waals surface area contributed by atoms with Crippen LogP contribution in [-0.4, -0.2) is 26.8 Å². The molecule has 0 radical (unpaired) electrons. The van der Waals surface area contributed by atoms with Crippen molar-refractivity contribution >= 4 is 34.8 Å². The lowest BCUT2D eigenvalue weighted by atomic mass is 10.0. The molecule has 6 heteroatoms. The molecule has 94 valence electrons. The van der Waals surface area contributed by atoms with Crippen molar-refractivity contribution in [2.45, 2.75) is 5.79 Å². The van der Waals surface area contributed by atoms with E-state index in [1.165, 1.54) is 0 Å². The third-order valence-corrected chi connectivity index (χ3v) is 3.73. The van der Waals surface area contributed by atoms with E-state index in [9.17, 15) is 0 Å². The van der Waals surface area contributed by atoms with Crippen LogP contribution in [0.1, 0.15) is 5.56 Å². The molecule has 0 bridgehead atoms. The van der Waals surface area contributed by atoms with Crippen LogP contribution in [0.2, 0.25) is 15.1 Å². The molecule has 2 rings (SSSR count). The molecule has 0 amide bonds. The van der Waals surface area contributed by atoms with Gasteiger partial charge in [-0.2, -0.15) is 0 Å². The summed E-state index contributed by atoms with van der Waals surface area (Å²) >= 11 is 18.2. The Bertz CT molecular complexity index is 419. The molecule has 1 aliphatic rings. The molecule has 1 atom stereocenters. The van der Waals surface area contributed by atoms with Gasteiger partial charge in [-0.1, -0.05) is 34.8 Å². The fraction of sp³-hybridized carbons (Fsp3) is 0.455. The number of nitrogens with one attached hydrogen (secondary N) is 1. The average molecular weight is 297 g/mol. The molecule has 17 heavy (non-hydrogen) atoms. The van der Waals surface area contributed by atoms with Gasteiger partial charge in [0.2, 0.25) is 5.79 Å². The molecule has 0 spiro atoms. The van der Waals surface area contributed by atoms with Gasteiger partial charge >= 0.3 is 0 Å². The van der Waals surface area contributed by atoms with Crippen molar-refractivity contribution in [3.05, 3.63) is 32.8 Å². The second-order valence-corrected chi connectivity index (χ2v) is 4.95. The molecule has 1 fully saturated rings. The van der Waals surface area contributed by atoms with Gasteiger partial charge in [0.05, 0.1) is 23.2 Å². The van der Waals surface area contributed by atoms with Crippen molar-refractivity contribution in [1.29, 1.82) is 0 Å². The van der Waals surface area contributed by atoms with E-state index < -0.39 is 5.79 Å². The molecule has 1 N–H and O–H groups in total. The predicted molar refractivity (Wildman–Crippen MR) is 69.0 cm³/mol. The highest BCUT2D eigenvalue weighted by Crippen LogP contribution is 2.39. The number of ether oxygens (including phenoxy) is 2. The molecule has 0 aromatic heterocycles. The van der Waals surface area contributed by atoms with Gasteiger partial charge < -0.3 is 14.8 Å². The predicted octanol–water partition coefficient (Wildman–Crippen LogP) is 3.07. The maximum atomic E-state index is 6.19. The summed E-state index contributed by atoms with van der Waals surface area (Å²) < 4.78 is 11.2. The van der Waals surface area contributed by atoms with Gasteiger partial charge in [0.25, 0.3) is 0 Å². The fourth-order valence-corrected chi connectivity index (χ4v) is 2.59. The van der Waals surface area contributed by atoms with Crippen molar-refractivity contribution in [2.75, 3.05) is 26.8 Å². The summed E-state index contributed by atoms with van der Waals surface area (Å²) in [6, 6.07) is 3.31. The first-order valence-electron chi connectivity index (χ1n) is 5.14. The van der Waals surface area contributed by atoms with Crippen molar-refractivity contribution in [1.82, 2.24) is 5.32 Å². The minimum atomic E-state index is -0.927. The average Bonchev–Trinajstić information content (AvgIpc) is 2.34. The number of hydrogen-bond donors (Lipinski definition) is 1. The minimum Gasteiger partial charge on any atom is -0.348 e. The van der Waals surface area contributed by atoms with Crippen molar-refractivity contribution in [3.63, 3.8) is 0 Å². The van der Waals surface area contributed by atoms with E-state index >= 15 is 0 Å². The Morgan fingerprint density at radius 3 is 2.71 bits per heavy atom. The van der Waals surface area contributed by atoms with Crippen LogP contribution in [0.5, 0.6) is 0 Å². The largest absolute Gasteiger partial charge is 0.348 e. The number of halogens is 3. The zero-order valence-corrected chi connectivity index (χ0v) is 11.5. The van der Waals surface area contributed by atoms with Crippen LogP contribution in [0.4, 0.5) is 0 Å². The highest BCUT2D eigenvalue weighted by molar-refractivity contribution is 6.43. The van der Waals surface area contributed by atoms with Gasteiger partial charge in [-0.25, -0.2) is 0 Å². The minimum absolute atomic E-state index is 0.389. The molecule has 1 unspecified atom stereocenters. The van der Waals surface area contributed by atoms with Crippen LogP contribution in [-0.2, 0) is 15.3 Å². The van der Waals surface area contributed by atoms with Gasteiger partial charge in [0, 0.05) is 24.2 Å². The Morgan fingerprint density at radius 2 is 2.12 bits per heavy atom. The van der Waals surface area contributed by atoms with Crippen molar-refractivity contribution in [3.8, 4) is 0 Å². The monoisotopic (exact) mass is 295 g/mol. The molecular formula is C11H12Cl3NO2. The molecule has 3 nitrogen and oxygen atoms in total. The normalized spacial score (nSPS) is 24.9. The van der Waals surface area contributed by atoms with E-state index in [4.69, 9.17) is 44.3 Å². The SMILES string of the molecule is COC1(c2cc(Cl)cc(Cl)c2Cl)CNCCO1. The summed E-state index contributed by atoms with van der Waals surface area (Å²) in [5.74, 6) is -0.927. The number of methoxy groups -OCH3 is 1. The van der Waals surface area contributed by atoms with Gasteiger partial charge in [-0.3, -0.25) is 0 Å². The molecule has 0 aliphatic carbocycles. The van der Waals surface area contributed by atoms with Crippen LogP contribution >= 0.6 is 34.8 Å². The lowest BCUT2D eigenvalue weighted by molar-refractivity contribution is -0.241. The molecule has 1 aromatic rings. The Balaban J connectivity index is 2.49. The van der Waals surface area contributed by atoms with Crippen LogP contribution in [0.3, 0.4) is 0 Å². The topological polar surface area (TPSA) is 30.5 Å². The summed E-state index contributed by atoms with van der Waals surface area (Å²) in [7, 11) is 1.57. The van der Waals surface area contributed by atoms with Gasteiger partial charge in [0.15, 0.2) is 0 Å². The molecule has 0 saturated carbocycles. The maximum absolute atomic E-state index is 6.19. The Morgan fingerprint density at radius 1 is 1.35 bits per heavy atom. The van der Waals surface area contributed by atoms with E-state index in [1.807, 2.05) is 0 Å². The Hall–Kier alpha value is -0.0300. The van der Waals surface area contributed by atoms with Crippen LogP contribution < -0.4 is 5.32 Å². The molecular weight excluding hydrogens is 284 g/mol. The van der Waals surface area contributed by atoms with Gasteiger partial charge in [-0.05, 0) is 12.1 Å². The van der Waals surface area contributed by atoms with Crippen LogP contribution in [0.25, 0.3) is 0 Å². The summed E-state index contributed by atoms with van der Waals surface area (Å²) in [6.07, 6.45) is 0. The quantitative estimate of drug-likeness (QED) is 0.851. The Labute approximate surface area is 115 Å². The van der Waals surface area contributed by atoms with E-state index in [-0.39, 0.29) is 0 Å². The maximum Gasteiger partial charge on any atom is 0.209 e. The van der Waals surface area contributed by atoms with Crippen molar-refractivity contribution < 1.29 is 9.47 Å². The molecule has 1 heterocycles. The second-order valence-electron chi connectivity index (χ2n) is 3.73. The number of morpholine rings is 1. The van der Waals surface area contributed by atoms with E-state index in [0.717, 1.165) is 6.54 Å². The van der Waals surface area contributed by atoms with Crippen molar-refractivity contribution in [2.24, 2.45) is 0 Å². The van der Waals surface area contributed by atoms with Gasteiger partial charge in [-0.15, -0.1) is 0 Å². The smallest absolute Gasteiger partial charge is 0.209 e. The first-order chi connectivity index (χ1) is 8.09. The van der Waals surface area contributed by atoms with E-state index in [1.54, 1.807) is 19.2 Å². The molecule has 1 aromatic carbocycles. The summed E-state index contributed by atoms with van der Waals surface area (Å²) in [5, 5.41) is 4.49. The lowest BCUT2D eigenvalue weighted by Crippen LogP contribution is -2.49. The highest BCUT2D eigenvalue weighted by atomic mass is 35.5. The summed E-state index contributed by atoms with van der Waals surface area (Å²) in [4.78, 5) is 0. The zero-order valence-electron chi connectivity index (χ0n) is 9.23. The zero-order chi connectivity index (χ0) is 12.5. The number of benzene rings is 1.